The van der Waals surface area contributed by atoms with Gasteiger partial charge in [-0.05, 0) is 107 Å². The first kappa shape index (κ1) is 33.3. The Hall–Kier alpha value is -7.24. The summed E-state index contributed by atoms with van der Waals surface area (Å²) in [6, 6.07) is 68.6. The molecule has 0 aromatic heterocycles. The van der Waals surface area contributed by atoms with Gasteiger partial charge in [-0.25, -0.2) is 0 Å². The number of rotatable bonds is 8. The van der Waals surface area contributed by atoms with E-state index in [9.17, 15) is 0 Å². The van der Waals surface area contributed by atoms with Crippen LogP contribution in [0.25, 0.3) is 11.1 Å². The molecule has 5 nitrogen and oxygen atoms in total. The third-order valence-corrected chi connectivity index (χ3v) is 11.1. The maximum atomic E-state index is 6.83. The third-order valence-electron chi connectivity index (χ3n) is 11.1. The van der Waals surface area contributed by atoms with Gasteiger partial charge in [0.25, 0.3) is 0 Å². The number of para-hydroxylation sites is 4. The van der Waals surface area contributed by atoms with Crippen LogP contribution in [0.5, 0.6) is 23.0 Å². The second-order valence-corrected chi connectivity index (χ2v) is 14.0. The Morgan fingerprint density at radius 2 is 0.714 bits per heavy atom. The molecule has 0 atom stereocenters. The zero-order valence-corrected chi connectivity index (χ0v) is 31.1. The van der Waals surface area contributed by atoms with Crippen molar-refractivity contribution < 1.29 is 14.2 Å². The first-order valence-electron chi connectivity index (χ1n) is 18.8. The van der Waals surface area contributed by atoms with Gasteiger partial charge >= 0.3 is 0 Å². The zero-order chi connectivity index (χ0) is 37.6. The van der Waals surface area contributed by atoms with Crippen LogP contribution in [0.4, 0.5) is 34.1 Å². The number of methoxy groups -OCH3 is 2. The van der Waals surface area contributed by atoms with E-state index in [1.165, 1.54) is 22.3 Å². The molecule has 0 bridgehead atoms. The highest BCUT2D eigenvalue weighted by Gasteiger charge is 2.52. The summed E-state index contributed by atoms with van der Waals surface area (Å²) >= 11 is 0. The monoisotopic (exact) mass is 726 g/mol. The van der Waals surface area contributed by atoms with E-state index in [4.69, 9.17) is 14.2 Å². The van der Waals surface area contributed by atoms with Gasteiger partial charge in [0.1, 0.15) is 23.0 Å². The molecule has 0 saturated carbocycles. The van der Waals surface area contributed by atoms with Crippen molar-refractivity contribution in [1.82, 2.24) is 0 Å². The van der Waals surface area contributed by atoms with Gasteiger partial charge in [0, 0.05) is 57.4 Å². The van der Waals surface area contributed by atoms with Crippen molar-refractivity contribution in [3.8, 4) is 34.1 Å². The minimum absolute atomic E-state index is 0.727. The van der Waals surface area contributed by atoms with E-state index in [-0.39, 0.29) is 0 Å². The smallest absolute Gasteiger partial charge is 0.135 e. The molecule has 1 spiro atoms. The molecule has 56 heavy (non-hydrogen) atoms. The highest BCUT2D eigenvalue weighted by atomic mass is 16.5. The Kier molecular flexibility index (Phi) is 8.07. The quantitative estimate of drug-likeness (QED) is 0.156. The second kappa shape index (κ2) is 13.6. The van der Waals surface area contributed by atoms with Gasteiger partial charge in [-0.1, -0.05) is 97.1 Å². The summed E-state index contributed by atoms with van der Waals surface area (Å²) in [6.45, 7) is 0. The zero-order valence-electron chi connectivity index (χ0n) is 31.1. The van der Waals surface area contributed by atoms with Crippen LogP contribution in [0.1, 0.15) is 22.3 Å². The predicted molar refractivity (Wildman–Crippen MR) is 226 cm³/mol. The maximum absolute atomic E-state index is 6.83. The number of anilines is 6. The topological polar surface area (TPSA) is 34.2 Å². The average Bonchev–Trinajstić information content (AvgIpc) is 3.54. The number of benzene rings is 8. The summed E-state index contributed by atoms with van der Waals surface area (Å²) in [6.07, 6.45) is 0. The molecule has 10 rings (SSSR count). The Labute approximate surface area is 327 Å². The molecule has 8 aromatic rings. The van der Waals surface area contributed by atoms with Crippen LogP contribution in [0.2, 0.25) is 0 Å². The van der Waals surface area contributed by atoms with E-state index in [1.807, 2.05) is 24.3 Å². The lowest BCUT2D eigenvalue weighted by Gasteiger charge is -2.40. The van der Waals surface area contributed by atoms with E-state index in [2.05, 4.69) is 180 Å². The standard InChI is InChI=1S/C51H38N2O3/c1-54-41-25-29-45-49(33-41)56-50-34-42(55-2)26-30-46(50)51(45)47-31-39(52(35-15-7-3-8-16-35)36-17-9-4-10-18-36)23-27-43(47)44-28-24-40(32-48(44)51)53(37-19-11-5-12-20-37)38-21-13-6-14-22-38/h3-34H,1-2H3. The summed E-state index contributed by atoms with van der Waals surface area (Å²) in [7, 11) is 3.39. The van der Waals surface area contributed by atoms with Gasteiger partial charge in [-0.3, -0.25) is 0 Å². The van der Waals surface area contributed by atoms with E-state index in [1.54, 1.807) is 14.2 Å². The summed E-state index contributed by atoms with van der Waals surface area (Å²) < 4.78 is 18.4. The molecule has 0 radical (unpaired) electrons. The van der Waals surface area contributed by atoms with Gasteiger partial charge in [0.2, 0.25) is 0 Å². The molecular formula is C51H38N2O3. The van der Waals surface area contributed by atoms with Gasteiger partial charge in [0.15, 0.2) is 0 Å². The van der Waals surface area contributed by atoms with Crippen LogP contribution in [0.15, 0.2) is 194 Å². The first-order valence-corrected chi connectivity index (χ1v) is 18.8. The minimum Gasteiger partial charge on any atom is -0.497 e. The number of fused-ring (bicyclic) bond motifs is 9. The Morgan fingerprint density at radius 3 is 1.05 bits per heavy atom. The van der Waals surface area contributed by atoms with Crippen molar-refractivity contribution >= 4 is 34.1 Å². The average molecular weight is 727 g/mol. The molecule has 270 valence electrons. The van der Waals surface area contributed by atoms with Crippen LogP contribution in [0, 0.1) is 0 Å². The number of ether oxygens (including phenoxy) is 3. The Bertz CT molecular complexity index is 2430. The van der Waals surface area contributed by atoms with Crippen molar-refractivity contribution in [3.05, 3.63) is 216 Å². The van der Waals surface area contributed by atoms with Crippen LogP contribution < -0.4 is 24.0 Å². The predicted octanol–water partition coefficient (Wildman–Crippen LogP) is 13.1. The molecule has 1 heterocycles. The highest BCUT2D eigenvalue weighted by Crippen LogP contribution is 2.64. The molecule has 8 aromatic carbocycles. The van der Waals surface area contributed by atoms with Crippen molar-refractivity contribution in [3.63, 3.8) is 0 Å². The van der Waals surface area contributed by atoms with Crippen molar-refractivity contribution in [2.45, 2.75) is 5.41 Å². The van der Waals surface area contributed by atoms with Gasteiger partial charge in [-0.2, -0.15) is 0 Å². The summed E-state index contributed by atoms with van der Waals surface area (Å²) in [5.41, 5.74) is 12.4. The van der Waals surface area contributed by atoms with E-state index < -0.39 is 5.41 Å². The summed E-state index contributed by atoms with van der Waals surface area (Å²) in [5, 5.41) is 0. The molecule has 1 aliphatic heterocycles. The molecule has 0 unspecified atom stereocenters. The lowest BCUT2D eigenvalue weighted by molar-refractivity contribution is 0.392. The van der Waals surface area contributed by atoms with Gasteiger partial charge in [0.05, 0.1) is 19.6 Å². The second-order valence-electron chi connectivity index (χ2n) is 14.0. The maximum Gasteiger partial charge on any atom is 0.135 e. The largest absolute Gasteiger partial charge is 0.497 e. The minimum atomic E-state index is -0.768. The molecular weight excluding hydrogens is 689 g/mol. The molecule has 1 aliphatic carbocycles. The van der Waals surface area contributed by atoms with Gasteiger partial charge < -0.3 is 24.0 Å². The van der Waals surface area contributed by atoms with Crippen molar-refractivity contribution in [2.75, 3.05) is 24.0 Å². The van der Waals surface area contributed by atoms with Crippen LogP contribution in [-0.2, 0) is 5.41 Å². The van der Waals surface area contributed by atoms with Crippen LogP contribution in [-0.4, -0.2) is 14.2 Å². The number of hydrogen-bond donors (Lipinski definition) is 0. The normalized spacial score (nSPS) is 12.8. The SMILES string of the molecule is COc1ccc2c(c1)Oc1cc(OC)ccc1C21c2cc(N(c3ccccc3)c3ccccc3)ccc2-c2ccc(N(c3ccccc3)c3ccccc3)cc21. The number of hydrogen-bond acceptors (Lipinski definition) is 5. The highest BCUT2D eigenvalue weighted by molar-refractivity contribution is 5.93. The lowest BCUT2D eigenvalue weighted by atomic mass is 9.66. The molecule has 0 N–H and O–H groups in total. The molecule has 0 amide bonds. The summed E-state index contributed by atoms with van der Waals surface area (Å²) in [5.74, 6) is 2.94. The van der Waals surface area contributed by atoms with Crippen LogP contribution in [0.3, 0.4) is 0 Å². The lowest BCUT2D eigenvalue weighted by Crippen LogP contribution is -2.32. The summed E-state index contributed by atoms with van der Waals surface area (Å²) in [4.78, 5) is 4.66. The fourth-order valence-corrected chi connectivity index (χ4v) is 8.67. The Balaban J connectivity index is 1.29. The third kappa shape index (κ3) is 5.24. The Morgan fingerprint density at radius 1 is 0.357 bits per heavy atom. The van der Waals surface area contributed by atoms with Crippen molar-refractivity contribution in [2.24, 2.45) is 0 Å². The van der Waals surface area contributed by atoms with E-state index >= 15 is 0 Å². The van der Waals surface area contributed by atoms with Crippen LogP contribution >= 0.6 is 0 Å². The molecule has 0 fully saturated rings. The number of nitrogens with zero attached hydrogens (tertiary/aromatic N) is 2. The first-order chi connectivity index (χ1) is 27.7. The van der Waals surface area contributed by atoms with Gasteiger partial charge in [-0.15, -0.1) is 0 Å². The van der Waals surface area contributed by atoms with E-state index in [0.29, 0.717) is 0 Å². The molecule has 2 aliphatic rings. The van der Waals surface area contributed by atoms with Crippen molar-refractivity contribution in [1.29, 1.82) is 0 Å². The van der Waals surface area contributed by atoms with E-state index in [0.717, 1.165) is 68.2 Å². The molecule has 5 heteroatoms. The fourth-order valence-electron chi connectivity index (χ4n) is 8.67. The molecule has 0 saturated heterocycles. The fraction of sp³-hybridized carbons (Fsp3) is 0.0588.